The van der Waals surface area contributed by atoms with E-state index >= 15 is 0 Å². The van der Waals surface area contributed by atoms with Crippen molar-refractivity contribution >= 4 is 56.9 Å². The summed E-state index contributed by atoms with van der Waals surface area (Å²) in [6.07, 6.45) is 0. The van der Waals surface area contributed by atoms with Gasteiger partial charge < -0.3 is 31.4 Å². The van der Waals surface area contributed by atoms with Crippen LogP contribution in [0.4, 0.5) is 17.1 Å². The number of aromatic hydroxyl groups is 1. The number of nitrogen functional groups attached to an aromatic ring is 2. The number of anilines is 3. The van der Waals surface area contributed by atoms with Crippen LogP contribution >= 0.6 is 23.2 Å². The zero-order valence-corrected chi connectivity index (χ0v) is 19.9. The summed E-state index contributed by atoms with van der Waals surface area (Å²) >= 11 is 11.2. The van der Waals surface area contributed by atoms with Crippen LogP contribution in [0.3, 0.4) is 0 Å². The van der Waals surface area contributed by atoms with Crippen molar-refractivity contribution in [2.24, 2.45) is 0 Å². The summed E-state index contributed by atoms with van der Waals surface area (Å²) in [5.41, 5.74) is 12.6. The van der Waals surface area contributed by atoms with Crippen molar-refractivity contribution < 1.29 is 19.4 Å². The molecular weight excluding hydrogens is 477 g/mol. The number of phenolic OH excluding ortho intramolecular Hbond substituents is 1. The molecule has 0 heterocycles. The van der Waals surface area contributed by atoms with E-state index in [-0.39, 0.29) is 17.0 Å². The maximum Gasteiger partial charge on any atom is 0.259 e. The number of hydrogen-bond donors (Lipinski definition) is 4. The number of halogens is 2. The van der Waals surface area contributed by atoms with Gasteiger partial charge in [-0.25, -0.2) is 0 Å². The first-order valence-corrected chi connectivity index (χ1v) is 10.7. The number of carbonyl (C=O) groups excluding carboxylic acids is 1. The number of fused-ring (bicyclic) bond motifs is 1. The molecule has 0 aliphatic rings. The van der Waals surface area contributed by atoms with Crippen LogP contribution in [-0.4, -0.2) is 25.2 Å². The predicted molar refractivity (Wildman–Crippen MR) is 138 cm³/mol. The van der Waals surface area contributed by atoms with E-state index in [1.54, 1.807) is 55.6 Å². The van der Waals surface area contributed by atoms with E-state index in [1.165, 1.54) is 7.11 Å². The Morgan fingerprint density at radius 2 is 1.68 bits per heavy atom. The summed E-state index contributed by atoms with van der Waals surface area (Å²) in [4.78, 5) is 12.6. The van der Waals surface area contributed by atoms with Crippen LogP contribution in [0, 0.1) is 0 Å². The fraction of sp³-hybridized carbons (Fsp3) is 0.0800. The van der Waals surface area contributed by atoms with Gasteiger partial charge in [-0.15, -0.1) is 0 Å². The molecule has 6 N–H and O–H groups in total. The quantitative estimate of drug-likeness (QED) is 0.202. The SMILES string of the molecule is COc1ccc(NC(=O)c2cc3ccccc3c(N)c2O)c(OC)c1.Nc1cc(Cl)ccc1Cl. The van der Waals surface area contributed by atoms with Crippen LogP contribution in [0.5, 0.6) is 17.2 Å². The molecule has 4 rings (SSSR count). The molecule has 0 radical (unpaired) electrons. The third kappa shape index (κ3) is 5.57. The summed E-state index contributed by atoms with van der Waals surface area (Å²) in [7, 11) is 3.04. The van der Waals surface area contributed by atoms with Gasteiger partial charge in [-0.3, -0.25) is 4.79 Å². The minimum absolute atomic E-state index is 0.0917. The van der Waals surface area contributed by atoms with Crippen molar-refractivity contribution in [1.82, 2.24) is 0 Å². The molecule has 0 aliphatic heterocycles. The van der Waals surface area contributed by atoms with Crippen molar-refractivity contribution in [3.63, 3.8) is 0 Å². The average molecular weight is 500 g/mol. The number of phenols is 1. The standard InChI is InChI=1S/C19H18N2O4.C6H5Cl2N/c1-24-12-7-8-15(16(10-12)25-2)21-19(23)14-9-11-5-3-4-6-13(11)17(20)18(14)22;7-4-1-2-5(8)6(9)3-4/h3-10,22H,20H2,1-2H3,(H,21,23);1-3H,9H2. The number of ether oxygens (including phenoxy) is 2. The Morgan fingerprint density at radius 3 is 2.32 bits per heavy atom. The maximum atomic E-state index is 12.6. The van der Waals surface area contributed by atoms with E-state index in [0.29, 0.717) is 38.3 Å². The molecule has 0 unspecified atom stereocenters. The zero-order chi connectivity index (χ0) is 24.8. The number of amides is 1. The summed E-state index contributed by atoms with van der Waals surface area (Å²) in [6, 6.07) is 18.9. The molecule has 0 fully saturated rings. The Kier molecular flexibility index (Phi) is 7.94. The minimum atomic E-state index is -0.488. The Balaban J connectivity index is 0.000000302. The first-order valence-electron chi connectivity index (χ1n) is 9.99. The lowest BCUT2D eigenvalue weighted by atomic mass is 10.0. The monoisotopic (exact) mass is 499 g/mol. The topological polar surface area (TPSA) is 120 Å². The van der Waals surface area contributed by atoms with E-state index in [1.807, 2.05) is 18.2 Å². The highest BCUT2D eigenvalue weighted by molar-refractivity contribution is 6.35. The van der Waals surface area contributed by atoms with Crippen LogP contribution in [-0.2, 0) is 0 Å². The number of nitrogens with one attached hydrogen (secondary N) is 1. The molecule has 0 atom stereocenters. The van der Waals surface area contributed by atoms with Gasteiger partial charge in [0, 0.05) is 16.5 Å². The number of nitrogens with two attached hydrogens (primary N) is 2. The highest BCUT2D eigenvalue weighted by atomic mass is 35.5. The average Bonchev–Trinajstić information content (AvgIpc) is 2.84. The number of rotatable bonds is 4. The second-order valence-electron chi connectivity index (χ2n) is 7.09. The van der Waals surface area contributed by atoms with E-state index in [9.17, 15) is 9.90 Å². The molecule has 0 saturated heterocycles. The molecule has 0 spiro atoms. The highest BCUT2D eigenvalue weighted by Gasteiger charge is 2.18. The summed E-state index contributed by atoms with van der Waals surface area (Å²) in [6.45, 7) is 0. The maximum absolute atomic E-state index is 12.6. The van der Waals surface area contributed by atoms with E-state index in [4.69, 9.17) is 44.1 Å². The second kappa shape index (κ2) is 10.9. The third-order valence-electron chi connectivity index (χ3n) is 4.92. The predicted octanol–water partition coefficient (Wildman–Crippen LogP) is 5.97. The Labute approximate surface area is 206 Å². The zero-order valence-electron chi connectivity index (χ0n) is 18.4. The van der Waals surface area contributed by atoms with Gasteiger partial charge in [-0.2, -0.15) is 0 Å². The van der Waals surface area contributed by atoms with Crippen molar-refractivity contribution in [1.29, 1.82) is 0 Å². The van der Waals surface area contributed by atoms with Gasteiger partial charge in [0.2, 0.25) is 0 Å². The number of carbonyl (C=O) groups is 1. The Hall–Kier alpha value is -3.81. The van der Waals surface area contributed by atoms with Crippen LogP contribution in [0.2, 0.25) is 10.0 Å². The van der Waals surface area contributed by atoms with Gasteiger partial charge in [0.15, 0.2) is 5.75 Å². The molecule has 0 bridgehead atoms. The Bertz CT molecular complexity index is 1350. The van der Waals surface area contributed by atoms with Crippen LogP contribution in [0.15, 0.2) is 66.7 Å². The molecule has 4 aromatic rings. The fourth-order valence-electron chi connectivity index (χ4n) is 3.14. The number of methoxy groups -OCH3 is 2. The van der Waals surface area contributed by atoms with Gasteiger partial charge in [0.1, 0.15) is 11.5 Å². The van der Waals surface area contributed by atoms with Gasteiger partial charge in [0.05, 0.1) is 41.9 Å². The first-order chi connectivity index (χ1) is 16.2. The second-order valence-corrected chi connectivity index (χ2v) is 7.94. The van der Waals surface area contributed by atoms with Crippen molar-refractivity contribution in [2.45, 2.75) is 0 Å². The van der Waals surface area contributed by atoms with Gasteiger partial charge in [-0.1, -0.05) is 47.5 Å². The molecular formula is C25H23Cl2N3O4. The molecule has 1 amide bonds. The van der Waals surface area contributed by atoms with Gasteiger partial charge >= 0.3 is 0 Å². The molecule has 9 heteroatoms. The van der Waals surface area contributed by atoms with Crippen molar-refractivity contribution in [2.75, 3.05) is 31.0 Å². The molecule has 7 nitrogen and oxygen atoms in total. The van der Waals surface area contributed by atoms with Crippen molar-refractivity contribution in [3.8, 4) is 17.2 Å². The summed E-state index contributed by atoms with van der Waals surface area (Å²) < 4.78 is 10.4. The van der Waals surface area contributed by atoms with E-state index in [2.05, 4.69) is 5.32 Å². The number of hydrogen-bond acceptors (Lipinski definition) is 6. The Morgan fingerprint density at radius 1 is 0.941 bits per heavy atom. The first kappa shape index (κ1) is 24.8. The highest BCUT2D eigenvalue weighted by Crippen LogP contribution is 2.35. The smallest absolute Gasteiger partial charge is 0.259 e. The lowest BCUT2D eigenvalue weighted by Crippen LogP contribution is -2.13. The molecule has 0 aromatic heterocycles. The van der Waals surface area contributed by atoms with Gasteiger partial charge in [0.25, 0.3) is 5.91 Å². The normalized spacial score (nSPS) is 10.2. The molecule has 176 valence electrons. The van der Waals surface area contributed by atoms with E-state index in [0.717, 1.165) is 5.39 Å². The number of benzene rings is 4. The molecule has 4 aromatic carbocycles. The molecule has 34 heavy (non-hydrogen) atoms. The summed E-state index contributed by atoms with van der Waals surface area (Å²) in [5.74, 6) is 0.315. The molecule has 0 saturated carbocycles. The summed E-state index contributed by atoms with van der Waals surface area (Å²) in [5, 5.41) is 15.7. The van der Waals surface area contributed by atoms with Crippen LogP contribution in [0.1, 0.15) is 10.4 Å². The van der Waals surface area contributed by atoms with Crippen LogP contribution < -0.4 is 26.3 Å². The molecule has 0 aliphatic carbocycles. The van der Waals surface area contributed by atoms with Crippen molar-refractivity contribution in [3.05, 3.63) is 82.3 Å². The lowest BCUT2D eigenvalue weighted by molar-refractivity contribution is 0.102. The van der Waals surface area contributed by atoms with Gasteiger partial charge in [-0.05, 0) is 41.8 Å². The lowest BCUT2D eigenvalue weighted by Gasteiger charge is -2.14. The van der Waals surface area contributed by atoms with E-state index < -0.39 is 5.91 Å². The third-order valence-corrected chi connectivity index (χ3v) is 5.50. The minimum Gasteiger partial charge on any atom is -0.505 e. The largest absolute Gasteiger partial charge is 0.505 e. The fourth-order valence-corrected chi connectivity index (χ4v) is 3.44. The van der Waals surface area contributed by atoms with Crippen LogP contribution in [0.25, 0.3) is 10.8 Å².